The lowest BCUT2D eigenvalue weighted by Gasteiger charge is -2.26. The Morgan fingerprint density at radius 3 is 3.18 bits per heavy atom. The standard InChI is InChI=1S/C13H17N3O/c14-8-13-12(5-2-6-15-13)16-9-10-3-1-4-11(17)7-10/h2,5-6,10-11,16-17H,1,3-4,7,9H2. The van der Waals surface area contributed by atoms with Crippen molar-refractivity contribution in [3.8, 4) is 6.07 Å². The fourth-order valence-electron chi connectivity index (χ4n) is 2.34. The van der Waals surface area contributed by atoms with E-state index in [1.54, 1.807) is 6.20 Å². The summed E-state index contributed by atoms with van der Waals surface area (Å²) < 4.78 is 0. The molecule has 0 radical (unpaired) electrons. The zero-order chi connectivity index (χ0) is 12.1. The predicted octanol–water partition coefficient (Wildman–Crippen LogP) is 1.92. The van der Waals surface area contributed by atoms with Crippen LogP contribution in [0.2, 0.25) is 0 Å². The van der Waals surface area contributed by atoms with E-state index >= 15 is 0 Å². The lowest BCUT2D eigenvalue weighted by Crippen LogP contribution is -2.25. The van der Waals surface area contributed by atoms with Crippen molar-refractivity contribution in [1.29, 1.82) is 5.26 Å². The van der Waals surface area contributed by atoms with Gasteiger partial charge in [-0.05, 0) is 37.3 Å². The maximum absolute atomic E-state index is 9.59. The summed E-state index contributed by atoms with van der Waals surface area (Å²) in [5.74, 6) is 0.491. The molecule has 1 aliphatic carbocycles. The molecule has 2 unspecified atom stereocenters. The van der Waals surface area contributed by atoms with Gasteiger partial charge in [0.25, 0.3) is 0 Å². The molecule has 0 spiro atoms. The fraction of sp³-hybridized carbons (Fsp3) is 0.538. The predicted molar refractivity (Wildman–Crippen MR) is 65.4 cm³/mol. The highest BCUT2D eigenvalue weighted by atomic mass is 16.3. The van der Waals surface area contributed by atoms with E-state index in [4.69, 9.17) is 5.26 Å². The maximum Gasteiger partial charge on any atom is 0.163 e. The molecule has 90 valence electrons. The van der Waals surface area contributed by atoms with E-state index in [0.717, 1.165) is 37.9 Å². The Morgan fingerprint density at radius 1 is 1.53 bits per heavy atom. The number of nitrogens with zero attached hydrogens (tertiary/aromatic N) is 2. The minimum atomic E-state index is -0.153. The summed E-state index contributed by atoms with van der Waals surface area (Å²) in [6.45, 7) is 0.803. The molecule has 0 amide bonds. The minimum Gasteiger partial charge on any atom is -0.393 e. The van der Waals surface area contributed by atoms with Crippen molar-refractivity contribution >= 4 is 5.69 Å². The highest BCUT2D eigenvalue weighted by Crippen LogP contribution is 2.24. The largest absolute Gasteiger partial charge is 0.393 e. The van der Waals surface area contributed by atoms with E-state index in [9.17, 15) is 5.11 Å². The van der Waals surface area contributed by atoms with Crippen molar-refractivity contribution in [1.82, 2.24) is 4.98 Å². The number of aliphatic hydroxyl groups is 1. The number of nitrogens with one attached hydrogen (secondary N) is 1. The molecule has 2 atom stereocenters. The Labute approximate surface area is 101 Å². The Kier molecular flexibility index (Phi) is 3.94. The van der Waals surface area contributed by atoms with Gasteiger partial charge in [0.05, 0.1) is 11.8 Å². The van der Waals surface area contributed by atoms with Crippen LogP contribution < -0.4 is 5.32 Å². The van der Waals surface area contributed by atoms with Crippen molar-refractivity contribution in [3.63, 3.8) is 0 Å². The van der Waals surface area contributed by atoms with E-state index in [1.807, 2.05) is 12.1 Å². The van der Waals surface area contributed by atoms with Crippen molar-refractivity contribution in [2.24, 2.45) is 5.92 Å². The van der Waals surface area contributed by atoms with Gasteiger partial charge in [0.2, 0.25) is 0 Å². The summed E-state index contributed by atoms with van der Waals surface area (Å²) >= 11 is 0. The van der Waals surface area contributed by atoms with E-state index < -0.39 is 0 Å². The summed E-state index contributed by atoms with van der Waals surface area (Å²) in [6.07, 6.45) is 5.48. The van der Waals surface area contributed by atoms with Gasteiger partial charge >= 0.3 is 0 Å². The second-order valence-corrected chi connectivity index (χ2v) is 4.58. The van der Waals surface area contributed by atoms with Crippen molar-refractivity contribution in [3.05, 3.63) is 24.0 Å². The molecule has 1 aromatic heterocycles. The third kappa shape index (κ3) is 3.18. The van der Waals surface area contributed by atoms with Crippen LogP contribution in [0, 0.1) is 17.2 Å². The molecule has 0 aliphatic heterocycles. The van der Waals surface area contributed by atoms with Crippen LogP contribution in [0.5, 0.6) is 0 Å². The van der Waals surface area contributed by atoms with Crippen LogP contribution in [0.4, 0.5) is 5.69 Å². The van der Waals surface area contributed by atoms with Gasteiger partial charge in [0.15, 0.2) is 5.69 Å². The van der Waals surface area contributed by atoms with Gasteiger partial charge in [-0.15, -0.1) is 0 Å². The molecule has 4 nitrogen and oxygen atoms in total. The molecule has 0 bridgehead atoms. The Hall–Kier alpha value is -1.60. The van der Waals surface area contributed by atoms with Crippen molar-refractivity contribution in [2.75, 3.05) is 11.9 Å². The number of hydrogen-bond donors (Lipinski definition) is 2. The number of nitriles is 1. The van der Waals surface area contributed by atoms with Crippen LogP contribution >= 0.6 is 0 Å². The third-order valence-electron chi connectivity index (χ3n) is 3.25. The van der Waals surface area contributed by atoms with Gasteiger partial charge in [-0.25, -0.2) is 4.98 Å². The maximum atomic E-state index is 9.59. The highest BCUT2D eigenvalue weighted by molar-refractivity contribution is 5.53. The number of anilines is 1. The smallest absolute Gasteiger partial charge is 0.163 e. The molecule has 2 rings (SSSR count). The second kappa shape index (κ2) is 5.65. The lowest BCUT2D eigenvalue weighted by molar-refractivity contribution is 0.105. The molecular formula is C13H17N3O. The fourth-order valence-corrected chi connectivity index (χ4v) is 2.34. The topological polar surface area (TPSA) is 68.9 Å². The molecule has 1 aromatic rings. The van der Waals surface area contributed by atoms with Gasteiger partial charge in [-0.3, -0.25) is 0 Å². The zero-order valence-corrected chi connectivity index (χ0v) is 9.76. The molecule has 0 saturated heterocycles. The average molecular weight is 231 g/mol. The quantitative estimate of drug-likeness (QED) is 0.833. The van der Waals surface area contributed by atoms with E-state index in [0.29, 0.717) is 11.6 Å². The van der Waals surface area contributed by atoms with Gasteiger partial charge in [-0.2, -0.15) is 5.26 Å². The van der Waals surface area contributed by atoms with Crippen LogP contribution in [0.15, 0.2) is 18.3 Å². The first kappa shape index (κ1) is 11.9. The first-order chi connectivity index (χ1) is 8.29. The number of pyridine rings is 1. The molecule has 0 aromatic carbocycles. The number of aromatic nitrogens is 1. The minimum absolute atomic E-state index is 0.153. The van der Waals surface area contributed by atoms with Crippen LogP contribution in [-0.2, 0) is 0 Å². The lowest BCUT2D eigenvalue weighted by atomic mass is 9.87. The van der Waals surface area contributed by atoms with E-state index in [2.05, 4.69) is 16.4 Å². The summed E-state index contributed by atoms with van der Waals surface area (Å²) in [5.41, 5.74) is 1.22. The first-order valence-electron chi connectivity index (χ1n) is 6.06. The Morgan fingerprint density at radius 2 is 2.41 bits per heavy atom. The summed E-state index contributed by atoms with van der Waals surface area (Å²) in [6, 6.07) is 5.75. The normalized spacial score (nSPS) is 24.0. The van der Waals surface area contributed by atoms with E-state index in [-0.39, 0.29) is 6.10 Å². The van der Waals surface area contributed by atoms with Gasteiger partial charge in [0, 0.05) is 12.7 Å². The number of hydrogen-bond acceptors (Lipinski definition) is 4. The molecule has 1 saturated carbocycles. The summed E-state index contributed by atoms with van der Waals surface area (Å²) in [7, 11) is 0. The average Bonchev–Trinajstić information content (AvgIpc) is 2.37. The molecule has 1 heterocycles. The van der Waals surface area contributed by atoms with Crippen molar-refractivity contribution < 1.29 is 5.11 Å². The Bertz CT molecular complexity index is 413. The molecule has 4 heteroatoms. The van der Waals surface area contributed by atoms with Crippen LogP contribution in [-0.4, -0.2) is 22.7 Å². The van der Waals surface area contributed by atoms with Gasteiger partial charge in [-0.1, -0.05) is 6.42 Å². The molecular weight excluding hydrogens is 214 g/mol. The van der Waals surface area contributed by atoms with Crippen LogP contribution in [0.25, 0.3) is 0 Å². The highest BCUT2D eigenvalue weighted by Gasteiger charge is 2.20. The molecule has 17 heavy (non-hydrogen) atoms. The van der Waals surface area contributed by atoms with Gasteiger partial charge < -0.3 is 10.4 Å². The third-order valence-corrected chi connectivity index (χ3v) is 3.25. The summed E-state index contributed by atoms with van der Waals surface area (Å²) in [5, 5.41) is 21.7. The van der Waals surface area contributed by atoms with Crippen molar-refractivity contribution in [2.45, 2.75) is 31.8 Å². The number of aliphatic hydroxyl groups excluding tert-OH is 1. The van der Waals surface area contributed by atoms with Gasteiger partial charge in [0.1, 0.15) is 6.07 Å². The second-order valence-electron chi connectivity index (χ2n) is 4.58. The molecule has 1 fully saturated rings. The Balaban J connectivity index is 1.91. The summed E-state index contributed by atoms with van der Waals surface area (Å²) in [4.78, 5) is 4.00. The monoisotopic (exact) mass is 231 g/mol. The zero-order valence-electron chi connectivity index (χ0n) is 9.76. The first-order valence-corrected chi connectivity index (χ1v) is 6.06. The number of rotatable bonds is 3. The molecule has 1 aliphatic rings. The van der Waals surface area contributed by atoms with E-state index in [1.165, 1.54) is 0 Å². The van der Waals surface area contributed by atoms with Crippen LogP contribution in [0.1, 0.15) is 31.4 Å². The SMILES string of the molecule is N#Cc1ncccc1NCC1CCCC(O)C1. The molecule has 2 N–H and O–H groups in total. The van der Waals surface area contributed by atoms with Crippen LogP contribution in [0.3, 0.4) is 0 Å².